The molecule has 0 atom stereocenters. The Labute approximate surface area is 120 Å². The zero-order valence-electron chi connectivity index (χ0n) is 12.5. The number of carbonyl (C=O) groups is 1. The molecule has 0 unspecified atom stereocenters. The van der Waals surface area contributed by atoms with Crippen molar-refractivity contribution in [3.05, 3.63) is 18.0 Å². The maximum absolute atomic E-state index is 12.3. The lowest BCUT2D eigenvalue weighted by atomic mass is 10.2. The summed E-state index contributed by atoms with van der Waals surface area (Å²) in [6.07, 6.45) is 3.28. The van der Waals surface area contributed by atoms with Crippen LogP contribution in [0.2, 0.25) is 0 Å². The van der Waals surface area contributed by atoms with Crippen molar-refractivity contribution in [2.45, 2.75) is 13.8 Å². The summed E-state index contributed by atoms with van der Waals surface area (Å²) >= 11 is 0. The van der Waals surface area contributed by atoms with E-state index >= 15 is 0 Å². The Morgan fingerprint density at radius 3 is 2.20 bits per heavy atom. The van der Waals surface area contributed by atoms with Gasteiger partial charge in [-0.1, -0.05) is 0 Å². The molecule has 20 heavy (non-hydrogen) atoms. The number of amides is 1. The van der Waals surface area contributed by atoms with Crippen LogP contribution in [0.5, 0.6) is 0 Å². The van der Waals surface area contributed by atoms with E-state index in [1.807, 2.05) is 4.90 Å². The monoisotopic (exact) mass is 277 g/mol. The van der Waals surface area contributed by atoms with Gasteiger partial charge in [0.1, 0.15) is 0 Å². The van der Waals surface area contributed by atoms with Gasteiger partial charge in [-0.2, -0.15) is 0 Å². The van der Waals surface area contributed by atoms with Crippen molar-refractivity contribution in [1.29, 1.82) is 0 Å². The molecule has 6 nitrogen and oxygen atoms in total. The molecule has 1 amide bonds. The lowest BCUT2D eigenvalue weighted by Crippen LogP contribution is -2.47. The molecule has 0 bridgehead atoms. The first-order chi connectivity index (χ1) is 9.65. The van der Waals surface area contributed by atoms with Gasteiger partial charge in [-0.15, -0.1) is 0 Å². The van der Waals surface area contributed by atoms with Crippen molar-refractivity contribution in [3.8, 4) is 0 Å². The summed E-state index contributed by atoms with van der Waals surface area (Å²) in [7, 11) is 2.07. The number of anilines is 1. The zero-order chi connectivity index (χ0) is 14.5. The predicted octanol–water partition coefficient (Wildman–Crippen LogP) is 0.710. The summed E-state index contributed by atoms with van der Waals surface area (Å²) in [5, 5.41) is 0. The molecule has 0 N–H and O–H groups in total. The highest BCUT2D eigenvalue weighted by Gasteiger charge is 2.21. The molecule has 6 heteroatoms. The van der Waals surface area contributed by atoms with Gasteiger partial charge in [0.15, 0.2) is 0 Å². The Morgan fingerprint density at radius 1 is 1.15 bits per heavy atom. The third-order valence-electron chi connectivity index (χ3n) is 3.72. The van der Waals surface area contributed by atoms with E-state index in [4.69, 9.17) is 0 Å². The molecular weight excluding hydrogens is 254 g/mol. The standard InChI is InChI=1S/C14H23N5O/c1-4-18(5-2)14-15-10-12(11-16-14)13(20)19-8-6-17(3)7-9-19/h10-11H,4-9H2,1-3H3. The average molecular weight is 277 g/mol. The quantitative estimate of drug-likeness (QED) is 0.811. The maximum atomic E-state index is 12.3. The normalized spacial score (nSPS) is 16.2. The number of rotatable bonds is 4. The fourth-order valence-electron chi connectivity index (χ4n) is 2.29. The highest BCUT2D eigenvalue weighted by atomic mass is 16.2. The summed E-state index contributed by atoms with van der Waals surface area (Å²) in [5.74, 6) is 0.717. The fourth-order valence-corrected chi connectivity index (χ4v) is 2.29. The highest BCUT2D eigenvalue weighted by Crippen LogP contribution is 2.10. The Kier molecular flexibility index (Phi) is 4.89. The molecule has 1 aliphatic rings. The third kappa shape index (κ3) is 3.25. The molecule has 1 fully saturated rings. The molecule has 110 valence electrons. The van der Waals surface area contributed by atoms with Crippen LogP contribution in [0.1, 0.15) is 24.2 Å². The van der Waals surface area contributed by atoms with Gasteiger partial charge in [0.05, 0.1) is 5.56 Å². The Bertz CT molecular complexity index is 435. The minimum absolute atomic E-state index is 0.0317. The molecule has 0 spiro atoms. The number of aromatic nitrogens is 2. The summed E-state index contributed by atoms with van der Waals surface area (Å²) in [5.41, 5.74) is 0.574. The van der Waals surface area contributed by atoms with Crippen molar-refractivity contribution >= 4 is 11.9 Å². The molecule has 0 radical (unpaired) electrons. The minimum atomic E-state index is 0.0317. The molecule has 1 saturated heterocycles. The molecule has 1 aromatic heterocycles. The van der Waals surface area contributed by atoms with Gasteiger partial charge < -0.3 is 14.7 Å². The van der Waals surface area contributed by atoms with Crippen molar-refractivity contribution in [2.24, 2.45) is 0 Å². The van der Waals surface area contributed by atoms with Crippen LogP contribution in [-0.4, -0.2) is 72.0 Å². The molecular formula is C14H23N5O. The fraction of sp³-hybridized carbons (Fsp3) is 0.643. The highest BCUT2D eigenvalue weighted by molar-refractivity contribution is 5.93. The van der Waals surface area contributed by atoms with Crippen molar-refractivity contribution in [1.82, 2.24) is 19.8 Å². The van der Waals surface area contributed by atoms with Gasteiger partial charge in [-0.3, -0.25) is 4.79 Å². The summed E-state index contributed by atoms with van der Waals surface area (Å²) in [6.45, 7) is 9.24. The van der Waals surface area contributed by atoms with E-state index in [9.17, 15) is 4.79 Å². The molecule has 0 aromatic carbocycles. The van der Waals surface area contributed by atoms with Crippen LogP contribution in [0, 0.1) is 0 Å². The van der Waals surface area contributed by atoms with Gasteiger partial charge in [-0.05, 0) is 20.9 Å². The van der Waals surface area contributed by atoms with Crippen LogP contribution in [0.3, 0.4) is 0 Å². The van der Waals surface area contributed by atoms with Crippen molar-refractivity contribution in [2.75, 3.05) is 51.2 Å². The smallest absolute Gasteiger partial charge is 0.257 e. The summed E-state index contributed by atoms with van der Waals surface area (Å²) in [6, 6.07) is 0. The second-order valence-electron chi connectivity index (χ2n) is 5.04. The van der Waals surface area contributed by atoms with E-state index < -0.39 is 0 Å². The van der Waals surface area contributed by atoms with E-state index in [1.165, 1.54) is 0 Å². The van der Waals surface area contributed by atoms with Crippen LogP contribution in [0.4, 0.5) is 5.95 Å². The first-order valence-corrected chi connectivity index (χ1v) is 7.20. The SMILES string of the molecule is CCN(CC)c1ncc(C(=O)N2CCN(C)CC2)cn1. The molecule has 2 heterocycles. The summed E-state index contributed by atoms with van der Waals surface area (Å²) < 4.78 is 0. The first kappa shape index (κ1) is 14.7. The molecule has 0 aliphatic carbocycles. The van der Waals surface area contributed by atoms with Crippen LogP contribution in [-0.2, 0) is 0 Å². The molecule has 1 aromatic rings. The van der Waals surface area contributed by atoms with E-state index in [2.05, 4.69) is 40.7 Å². The second kappa shape index (κ2) is 6.65. The van der Waals surface area contributed by atoms with Crippen molar-refractivity contribution < 1.29 is 4.79 Å². The topological polar surface area (TPSA) is 52.6 Å². The number of piperazine rings is 1. The number of hydrogen-bond acceptors (Lipinski definition) is 5. The van der Waals surface area contributed by atoms with Crippen molar-refractivity contribution in [3.63, 3.8) is 0 Å². The van der Waals surface area contributed by atoms with Gasteiger partial charge in [0.2, 0.25) is 5.95 Å². The lowest BCUT2D eigenvalue weighted by Gasteiger charge is -2.32. The lowest BCUT2D eigenvalue weighted by molar-refractivity contribution is 0.0663. The molecule has 0 saturated carbocycles. The van der Waals surface area contributed by atoms with Crippen LogP contribution in [0.25, 0.3) is 0 Å². The van der Waals surface area contributed by atoms with E-state index in [0.29, 0.717) is 11.5 Å². The van der Waals surface area contributed by atoms with Crippen LogP contribution < -0.4 is 4.90 Å². The average Bonchev–Trinajstić information content (AvgIpc) is 2.49. The number of nitrogens with zero attached hydrogens (tertiary/aromatic N) is 5. The largest absolute Gasteiger partial charge is 0.341 e. The van der Waals surface area contributed by atoms with Gasteiger partial charge >= 0.3 is 0 Å². The number of hydrogen-bond donors (Lipinski definition) is 0. The Morgan fingerprint density at radius 2 is 1.70 bits per heavy atom. The molecule has 1 aliphatic heterocycles. The minimum Gasteiger partial charge on any atom is -0.341 e. The number of likely N-dealkylation sites (N-methyl/N-ethyl adjacent to an activating group) is 1. The zero-order valence-corrected chi connectivity index (χ0v) is 12.5. The van der Waals surface area contributed by atoms with Crippen LogP contribution >= 0.6 is 0 Å². The van der Waals surface area contributed by atoms with E-state index in [0.717, 1.165) is 39.3 Å². The molecule has 2 rings (SSSR count). The first-order valence-electron chi connectivity index (χ1n) is 7.20. The van der Waals surface area contributed by atoms with Crippen LogP contribution in [0.15, 0.2) is 12.4 Å². The number of carbonyl (C=O) groups excluding carboxylic acids is 1. The van der Waals surface area contributed by atoms with E-state index in [-0.39, 0.29) is 5.91 Å². The maximum Gasteiger partial charge on any atom is 0.257 e. The Hall–Kier alpha value is -1.69. The van der Waals surface area contributed by atoms with E-state index in [1.54, 1.807) is 12.4 Å². The second-order valence-corrected chi connectivity index (χ2v) is 5.04. The Balaban J connectivity index is 2.04. The summed E-state index contributed by atoms with van der Waals surface area (Å²) in [4.78, 5) is 27.1. The predicted molar refractivity (Wildman–Crippen MR) is 79.0 cm³/mol. The van der Waals surface area contributed by atoms with Gasteiger partial charge in [-0.25, -0.2) is 9.97 Å². The van der Waals surface area contributed by atoms with Gasteiger partial charge in [0, 0.05) is 51.7 Å². The third-order valence-corrected chi connectivity index (χ3v) is 3.72. The van der Waals surface area contributed by atoms with Gasteiger partial charge in [0.25, 0.3) is 5.91 Å².